The first-order chi connectivity index (χ1) is 8.50. The molecule has 1 aliphatic heterocycles. The van der Waals surface area contributed by atoms with Crippen molar-refractivity contribution in [1.82, 2.24) is 10.6 Å². The van der Waals surface area contributed by atoms with Crippen LogP contribution >= 0.6 is 0 Å². The summed E-state index contributed by atoms with van der Waals surface area (Å²) in [6, 6.07) is 10.0. The van der Waals surface area contributed by atoms with Gasteiger partial charge < -0.3 is 10.6 Å². The minimum Gasteiger partial charge on any atom is -0.346 e. The Bertz CT molecular complexity index is 414. The van der Waals surface area contributed by atoms with Gasteiger partial charge in [-0.25, -0.2) is 0 Å². The molecule has 1 aromatic rings. The number of amides is 1. The zero-order chi connectivity index (χ0) is 13.2. The van der Waals surface area contributed by atoms with Gasteiger partial charge in [0.2, 0.25) is 5.91 Å². The van der Waals surface area contributed by atoms with E-state index in [1.165, 1.54) is 0 Å². The van der Waals surface area contributed by atoms with Gasteiger partial charge in [0.05, 0.1) is 11.6 Å². The van der Waals surface area contributed by atoms with E-state index < -0.39 is 0 Å². The molecule has 1 fully saturated rings. The van der Waals surface area contributed by atoms with Crippen LogP contribution in [0.4, 0.5) is 0 Å². The van der Waals surface area contributed by atoms with Crippen LogP contribution in [0, 0.1) is 5.92 Å². The maximum Gasteiger partial charge on any atom is 0.238 e. The zero-order valence-corrected chi connectivity index (χ0v) is 11.4. The molecule has 1 aromatic carbocycles. The highest BCUT2D eigenvalue weighted by atomic mass is 16.2. The molecular weight excluding hydrogens is 224 g/mol. The zero-order valence-electron chi connectivity index (χ0n) is 11.4. The van der Waals surface area contributed by atoms with Crippen molar-refractivity contribution in [3.05, 3.63) is 35.9 Å². The average molecular weight is 246 g/mol. The predicted molar refractivity (Wildman–Crippen MR) is 73.2 cm³/mol. The second kappa shape index (κ2) is 5.11. The summed E-state index contributed by atoms with van der Waals surface area (Å²) in [7, 11) is 0. The Morgan fingerprint density at radius 1 is 1.33 bits per heavy atom. The normalized spacial score (nSPS) is 23.9. The Hall–Kier alpha value is -1.35. The Balaban J connectivity index is 2.06. The predicted octanol–water partition coefficient (Wildman–Crippen LogP) is 2.04. The van der Waals surface area contributed by atoms with Crippen LogP contribution in [0.15, 0.2) is 30.3 Å². The van der Waals surface area contributed by atoms with E-state index >= 15 is 0 Å². The summed E-state index contributed by atoms with van der Waals surface area (Å²) in [5.74, 6) is 0.519. The van der Waals surface area contributed by atoms with Gasteiger partial charge in [-0.15, -0.1) is 0 Å². The Kier molecular flexibility index (Phi) is 3.71. The molecule has 2 N–H and O–H groups in total. The van der Waals surface area contributed by atoms with Crippen LogP contribution in [0.1, 0.15) is 32.8 Å². The quantitative estimate of drug-likeness (QED) is 0.857. The SMILES string of the molecule is CC1CCNC1C(=O)NC(C)(C)c1ccccc1. The van der Waals surface area contributed by atoms with Gasteiger partial charge >= 0.3 is 0 Å². The Morgan fingerprint density at radius 3 is 2.56 bits per heavy atom. The third-order valence-electron chi connectivity index (χ3n) is 3.75. The van der Waals surface area contributed by atoms with Crippen molar-refractivity contribution >= 4 is 5.91 Å². The lowest BCUT2D eigenvalue weighted by atomic mass is 9.93. The lowest BCUT2D eigenvalue weighted by Gasteiger charge is -2.29. The Labute approximate surface area is 109 Å². The molecule has 0 bridgehead atoms. The molecule has 2 unspecified atom stereocenters. The number of carbonyl (C=O) groups excluding carboxylic acids is 1. The van der Waals surface area contributed by atoms with Crippen molar-refractivity contribution in [3.63, 3.8) is 0 Å². The number of hydrogen-bond donors (Lipinski definition) is 2. The molecule has 18 heavy (non-hydrogen) atoms. The summed E-state index contributed by atoms with van der Waals surface area (Å²) in [6.07, 6.45) is 1.07. The van der Waals surface area contributed by atoms with Crippen molar-refractivity contribution < 1.29 is 4.79 Å². The van der Waals surface area contributed by atoms with E-state index in [0.29, 0.717) is 5.92 Å². The molecule has 2 rings (SSSR count). The first kappa shape index (κ1) is 13.1. The highest BCUT2D eigenvalue weighted by Crippen LogP contribution is 2.21. The molecule has 0 spiro atoms. The average Bonchev–Trinajstić information content (AvgIpc) is 2.76. The van der Waals surface area contributed by atoms with E-state index in [-0.39, 0.29) is 17.5 Å². The number of benzene rings is 1. The molecule has 0 saturated carbocycles. The fourth-order valence-corrected chi connectivity index (χ4v) is 2.50. The maximum atomic E-state index is 12.3. The minimum atomic E-state index is -0.331. The summed E-state index contributed by atoms with van der Waals surface area (Å²) in [5.41, 5.74) is 0.798. The van der Waals surface area contributed by atoms with Crippen LogP contribution in [0.3, 0.4) is 0 Å². The Morgan fingerprint density at radius 2 is 2.00 bits per heavy atom. The number of rotatable bonds is 3. The number of carbonyl (C=O) groups is 1. The van der Waals surface area contributed by atoms with Crippen LogP contribution in [0.5, 0.6) is 0 Å². The molecule has 3 heteroatoms. The first-order valence-corrected chi connectivity index (χ1v) is 6.61. The third-order valence-corrected chi connectivity index (χ3v) is 3.75. The van der Waals surface area contributed by atoms with Gasteiger partial charge in [0.25, 0.3) is 0 Å². The van der Waals surface area contributed by atoms with Crippen molar-refractivity contribution in [3.8, 4) is 0 Å². The molecule has 0 radical (unpaired) electrons. The van der Waals surface area contributed by atoms with Gasteiger partial charge in [0.15, 0.2) is 0 Å². The van der Waals surface area contributed by atoms with Crippen molar-refractivity contribution in [1.29, 1.82) is 0 Å². The lowest BCUT2D eigenvalue weighted by molar-refractivity contribution is -0.125. The van der Waals surface area contributed by atoms with Crippen molar-refractivity contribution in [2.75, 3.05) is 6.54 Å². The number of nitrogens with one attached hydrogen (secondary N) is 2. The standard InChI is InChI=1S/C15H22N2O/c1-11-9-10-16-13(11)14(18)17-15(2,3)12-7-5-4-6-8-12/h4-8,11,13,16H,9-10H2,1-3H3,(H,17,18). The van der Waals surface area contributed by atoms with E-state index in [0.717, 1.165) is 18.5 Å². The van der Waals surface area contributed by atoms with Crippen LogP contribution in [-0.2, 0) is 10.3 Å². The second-order valence-electron chi connectivity index (χ2n) is 5.68. The number of hydrogen-bond acceptors (Lipinski definition) is 2. The summed E-state index contributed by atoms with van der Waals surface area (Å²) in [6.45, 7) is 7.14. The van der Waals surface area contributed by atoms with E-state index in [4.69, 9.17) is 0 Å². The maximum absolute atomic E-state index is 12.3. The van der Waals surface area contributed by atoms with Crippen LogP contribution in [0.2, 0.25) is 0 Å². The van der Waals surface area contributed by atoms with E-state index in [2.05, 4.69) is 17.6 Å². The minimum absolute atomic E-state index is 0.0482. The van der Waals surface area contributed by atoms with Crippen LogP contribution in [0.25, 0.3) is 0 Å². The van der Waals surface area contributed by atoms with Crippen LogP contribution < -0.4 is 10.6 Å². The molecular formula is C15H22N2O. The summed E-state index contributed by atoms with van der Waals surface area (Å²) >= 11 is 0. The highest BCUT2D eigenvalue weighted by Gasteiger charge is 2.32. The van der Waals surface area contributed by atoms with Gasteiger partial charge in [-0.3, -0.25) is 4.79 Å². The molecule has 1 amide bonds. The molecule has 3 nitrogen and oxygen atoms in total. The van der Waals surface area contributed by atoms with Crippen molar-refractivity contribution in [2.45, 2.75) is 38.8 Å². The molecule has 1 aliphatic rings. The van der Waals surface area contributed by atoms with Gasteiger partial charge in [0.1, 0.15) is 0 Å². The second-order valence-corrected chi connectivity index (χ2v) is 5.68. The largest absolute Gasteiger partial charge is 0.346 e. The first-order valence-electron chi connectivity index (χ1n) is 6.61. The van der Waals surface area contributed by atoms with Crippen LogP contribution in [-0.4, -0.2) is 18.5 Å². The molecule has 1 heterocycles. The van der Waals surface area contributed by atoms with E-state index in [9.17, 15) is 4.79 Å². The molecule has 0 aliphatic carbocycles. The third kappa shape index (κ3) is 2.72. The van der Waals surface area contributed by atoms with Gasteiger partial charge in [-0.1, -0.05) is 37.3 Å². The smallest absolute Gasteiger partial charge is 0.238 e. The molecule has 2 atom stereocenters. The fourth-order valence-electron chi connectivity index (χ4n) is 2.50. The summed E-state index contributed by atoms with van der Waals surface area (Å²) in [5, 5.41) is 6.41. The summed E-state index contributed by atoms with van der Waals surface area (Å²) < 4.78 is 0. The van der Waals surface area contributed by atoms with Gasteiger partial charge in [-0.2, -0.15) is 0 Å². The summed E-state index contributed by atoms with van der Waals surface area (Å²) in [4.78, 5) is 12.3. The van der Waals surface area contributed by atoms with Gasteiger partial charge in [-0.05, 0) is 38.3 Å². The van der Waals surface area contributed by atoms with Gasteiger partial charge in [0, 0.05) is 0 Å². The fraction of sp³-hybridized carbons (Fsp3) is 0.533. The lowest BCUT2D eigenvalue weighted by Crippen LogP contribution is -2.50. The molecule has 98 valence electrons. The monoisotopic (exact) mass is 246 g/mol. The van der Waals surface area contributed by atoms with E-state index in [1.54, 1.807) is 0 Å². The van der Waals surface area contributed by atoms with Crippen molar-refractivity contribution in [2.24, 2.45) is 5.92 Å². The highest BCUT2D eigenvalue weighted by molar-refractivity contribution is 5.83. The molecule has 1 saturated heterocycles. The topological polar surface area (TPSA) is 41.1 Å². The molecule has 0 aromatic heterocycles. The van der Waals surface area contributed by atoms with E-state index in [1.807, 2.05) is 44.2 Å².